The number of carbonyl (C=O) groups excluding carboxylic acids is 1. The van der Waals surface area contributed by atoms with E-state index in [1.165, 1.54) is 49.9 Å². The maximum atomic E-state index is 11.1. The summed E-state index contributed by atoms with van der Waals surface area (Å²) in [5.74, 6) is 0.626. The predicted molar refractivity (Wildman–Crippen MR) is 127 cm³/mol. The first-order valence-electron chi connectivity index (χ1n) is 12.0. The van der Waals surface area contributed by atoms with E-state index in [9.17, 15) is 4.79 Å². The third kappa shape index (κ3) is 8.15. The van der Waals surface area contributed by atoms with E-state index in [1.54, 1.807) is 0 Å². The van der Waals surface area contributed by atoms with Crippen LogP contribution in [0, 0.1) is 0 Å². The molecule has 1 amide bonds. The molecule has 1 aromatic carbocycles. The Bertz CT molecular complexity index is 706. The minimum atomic E-state index is -0.250. The van der Waals surface area contributed by atoms with Crippen LogP contribution in [-0.4, -0.2) is 67.0 Å². The molecule has 1 aromatic rings. The SMILES string of the molecule is CCNC(=NCc1ccccc1CN1CCCCCC1)NC1CCN(CC(N)=O)CC1. The first kappa shape index (κ1) is 23.5. The number of nitrogens with two attached hydrogens (primary N) is 1. The number of rotatable bonds is 8. The topological polar surface area (TPSA) is 86.0 Å². The van der Waals surface area contributed by atoms with Crippen molar-refractivity contribution in [3.8, 4) is 0 Å². The Kier molecular flexibility index (Phi) is 9.62. The predicted octanol–water partition coefficient (Wildman–Crippen LogP) is 2.07. The number of amides is 1. The lowest BCUT2D eigenvalue weighted by Crippen LogP contribution is -2.49. The van der Waals surface area contributed by atoms with Crippen molar-refractivity contribution in [1.29, 1.82) is 0 Å². The highest BCUT2D eigenvalue weighted by Gasteiger charge is 2.21. The molecule has 0 atom stereocenters. The maximum absolute atomic E-state index is 11.1. The van der Waals surface area contributed by atoms with Crippen molar-refractivity contribution in [2.24, 2.45) is 10.7 Å². The molecule has 2 heterocycles. The molecule has 172 valence electrons. The molecule has 3 rings (SSSR count). The highest BCUT2D eigenvalue weighted by atomic mass is 16.1. The molecular formula is C24H40N6O. The van der Waals surface area contributed by atoms with Gasteiger partial charge in [-0.15, -0.1) is 0 Å². The van der Waals surface area contributed by atoms with Crippen molar-refractivity contribution < 1.29 is 4.79 Å². The van der Waals surface area contributed by atoms with Gasteiger partial charge >= 0.3 is 0 Å². The van der Waals surface area contributed by atoms with Gasteiger partial charge in [0.05, 0.1) is 13.1 Å². The molecule has 2 aliphatic rings. The van der Waals surface area contributed by atoms with Gasteiger partial charge in [-0.3, -0.25) is 14.6 Å². The van der Waals surface area contributed by atoms with Crippen molar-refractivity contribution in [2.75, 3.05) is 39.3 Å². The van der Waals surface area contributed by atoms with Gasteiger partial charge in [-0.1, -0.05) is 37.1 Å². The van der Waals surface area contributed by atoms with Gasteiger partial charge in [0, 0.05) is 32.2 Å². The van der Waals surface area contributed by atoms with E-state index in [4.69, 9.17) is 10.7 Å². The summed E-state index contributed by atoms with van der Waals surface area (Å²) in [6, 6.07) is 9.09. The molecule has 0 spiro atoms. The quantitative estimate of drug-likeness (QED) is 0.436. The Morgan fingerprint density at radius 2 is 1.71 bits per heavy atom. The van der Waals surface area contributed by atoms with Gasteiger partial charge in [-0.25, -0.2) is 4.99 Å². The molecule has 2 saturated heterocycles. The molecule has 4 N–H and O–H groups in total. The van der Waals surface area contributed by atoms with Crippen LogP contribution in [0.3, 0.4) is 0 Å². The fourth-order valence-corrected chi connectivity index (χ4v) is 4.53. The van der Waals surface area contributed by atoms with Crippen molar-refractivity contribution in [3.05, 3.63) is 35.4 Å². The monoisotopic (exact) mass is 428 g/mol. The number of hydrogen-bond acceptors (Lipinski definition) is 4. The standard InChI is InChI=1S/C24H40N6O/c1-2-26-24(28-22-11-15-30(16-12-22)19-23(25)31)27-17-20-9-5-6-10-21(20)18-29-13-7-3-4-8-14-29/h5-6,9-10,22H,2-4,7-8,11-19H2,1H3,(H2,25,31)(H2,26,27,28). The van der Waals surface area contributed by atoms with E-state index >= 15 is 0 Å². The first-order valence-corrected chi connectivity index (χ1v) is 12.0. The Morgan fingerprint density at radius 1 is 1.03 bits per heavy atom. The minimum Gasteiger partial charge on any atom is -0.369 e. The summed E-state index contributed by atoms with van der Waals surface area (Å²) in [4.78, 5) is 20.8. The zero-order valence-electron chi connectivity index (χ0n) is 19.1. The summed E-state index contributed by atoms with van der Waals surface area (Å²) in [5.41, 5.74) is 8.02. The van der Waals surface area contributed by atoms with Crippen molar-refractivity contribution >= 4 is 11.9 Å². The number of piperidine rings is 1. The molecule has 2 aliphatic heterocycles. The van der Waals surface area contributed by atoms with Crippen LogP contribution >= 0.6 is 0 Å². The largest absolute Gasteiger partial charge is 0.369 e. The molecule has 2 fully saturated rings. The number of aliphatic imine (C=N–C) groups is 1. The second-order valence-corrected chi connectivity index (χ2v) is 8.82. The van der Waals surface area contributed by atoms with Crippen LogP contribution in [0.5, 0.6) is 0 Å². The minimum absolute atomic E-state index is 0.250. The fraction of sp³-hybridized carbons (Fsp3) is 0.667. The molecule has 7 heteroatoms. The van der Waals surface area contributed by atoms with Crippen LogP contribution in [0.2, 0.25) is 0 Å². The average molecular weight is 429 g/mol. The molecule has 0 saturated carbocycles. The van der Waals surface area contributed by atoms with Crippen LogP contribution in [0.4, 0.5) is 0 Å². The Labute approximate surface area is 187 Å². The Hall–Kier alpha value is -2.12. The number of primary amides is 1. The summed E-state index contributed by atoms with van der Waals surface area (Å²) in [5, 5.41) is 6.99. The van der Waals surface area contributed by atoms with Gasteiger partial charge in [0.25, 0.3) is 0 Å². The van der Waals surface area contributed by atoms with Crippen molar-refractivity contribution in [1.82, 2.24) is 20.4 Å². The van der Waals surface area contributed by atoms with Crippen LogP contribution in [0.15, 0.2) is 29.3 Å². The number of nitrogens with one attached hydrogen (secondary N) is 2. The van der Waals surface area contributed by atoms with Gasteiger partial charge in [-0.05, 0) is 56.8 Å². The Morgan fingerprint density at radius 3 is 2.35 bits per heavy atom. The van der Waals surface area contributed by atoms with E-state index in [1.807, 2.05) is 0 Å². The lowest BCUT2D eigenvalue weighted by Gasteiger charge is -2.32. The third-order valence-electron chi connectivity index (χ3n) is 6.27. The van der Waals surface area contributed by atoms with E-state index < -0.39 is 0 Å². The van der Waals surface area contributed by atoms with Gasteiger partial charge in [0.1, 0.15) is 0 Å². The molecule has 31 heavy (non-hydrogen) atoms. The zero-order chi connectivity index (χ0) is 21.9. The summed E-state index contributed by atoms with van der Waals surface area (Å²) in [6.07, 6.45) is 7.33. The molecule has 0 unspecified atom stereocenters. The van der Waals surface area contributed by atoms with E-state index in [-0.39, 0.29) is 5.91 Å². The molecule has 0 aliphatic carbocycles. The third-order valence-corrected chi connectivity index (χ3v) is 6.27. The number of carbonyl (C=O) groups is 1. The number of hydrogen-bond donors (Lipinski definition) is 3. The lowest BCUT2D eigenvalue weighted by molar-refractivity contribution is -0.119. The lowest BCUT2D eigenvalue weighted by atomic mass is 10.1. The van der Waals surface area contributed by atoms with E-state index in [0.29, 0.717) is 19.1 Å². The Balaban J connectivity index is 1.57. The van der Waals surface area contributed by atoms with Gasteiger partial charge in [-0.2, -0.15) is 0 Å². The van der Waals surface area contributed by atoms with Crippen LogP contribution < -0.4 is 16.4 Å². The number of benzene rings is 1. The average Bonchev–Trinajstić information content (AvgIpc) is 3.03. The molecule has 0 aromatic heterocycles. The summed E-state index contributed by atoms with van der Waals surface area (Å²) in [7, 11) is 0. The molecule has 0 bridgehead atoms. The second kappa shape index (κ2) is 12.7. The van der Waals surface area contributed by atoms with Gasteiger partial charge < -0.3 is 16.4 Å². The molecule has 0 radical (unpaired) electrons. The first-order chi connectivity index (χ1) is 15.1. The summed E-state index contributed by atoms with van der Waals surface area (Å²) < 4.78 is 0. The highest BCUT2D eigenvalue weighted by Crippen LogP contribution is 2.17. The van der Waals surface area contributed by atoms with Crippen molar-refractivity contribution in [2.45, 2.75) is 64.6 Å². The number of likely N-dealkylation sites (tertiary alicyclic amines) is 2. The van der Waals surface area contributed by atoms with Crippen LogP contribution in [-0.2, 0) is 17.9 Å². The van der Waals surface area contributed by atoms with Crippen LogP contribution in [0.25, 0.3) is 0 Å². The van der Waals surface area contributed by atoms with Gasteiger partial charge in [0.2, 0.25) is 5.91 Å². The number of guanidine groups is 1. The highest BCUT2D eigenvalue weighted by molar-refractivity contribution is 5.80. The second-order valence-electron chi connectivity index (χ2n) is 8.82. The fourth-order valence-electron chi connectivity index (χ4n) is 4.53. The number of nitrogens with zero attached hydrogens (tertiary/aromatic N) is 3. The normalized spacial score (nSPS) is 19.7. The summed E-state index contributed by atoms with van der Waals surface area (Å²) in [6.45, 7) is 9.17. The zero-order valence-corrected chi connectivity index (χ0v) is 19.1. The molecular weight excluding hydrogens is 388 g/mol. The van der Waals surface area contributed by atoms with Crippen LogP contribution in [0.1, 0.15) is 56.6 Å². The van der Waals surface area contributed by atoms with Gasteiger partial charge in [0.15, 0.2) is 5.96 Å². The molecule has 7 nitrogen and oxygen atoms in total. The van der Waals surface area contributed by atoms with E-state index in [2.05, 4.69) is 51.6 Å². The summed E-state index contributed by atoms with van der Waals surface area (Å²) >= 11 is 0. The van der Waals surface area contributed by atoms with E-state index in [0.717, 1.165) is 45.0 Å². The maximum Gasteiger partial charge on any atom is 0.231 e. The van der Waals surface area contributed by atoms with Crippen molar-refractivity contribution in [3.63, 3.8) is 0 Å². The smallest absolute Gasteiger partial charge is 0.231 e.